The van der Waals surface area contributed by atoms with E-state index in [1.54, 1.807) is 7.05 Å². The fourth-order valence-electron chi connectivity index (χ4n) is 3.53. The van der Waals surface area contributed by atoms with Crippen LogP contribution in [0, 0.1) is 0 Å². The fraction of sp³-hybridized carbons (Fsp3) is 0.926. The van der Waals surface area contributed by atoms with Gasteiger partial charge in [0.15, 0.2) is 0 Å². The number of esters is 1. The van der Waals surface area contributed by atoms with Gasteiger partial charge in [0.05, 0.1) is 6.61 Å². The molecule has 4 heteroatoms. The molecule has 0 aromatic rings. The number of hydrogen-bond acceptors (Lipinski definition) is 3. The monoisotopic (exact) mass is 441 g/mol. The Labute approximate surface area is 194 Å². The van der Waals surface area contributed by atoms with E-state index >= 15 is 0 Å². The number of unbranched alkanes of at least 4 members (excludes halogenated alkanes) is 16. The van der Waals surface area contributed by atoms with E-state index in [0.717, 1.165) is 12.8 Å². The molecule has 186 valence electrons. The number of nitrogens with one attached hydrogen (secondary N) is 1. The zero-order chi connectivity index (χ0) is 23.4. The first-order valence-corrected chi connectivity index (χ1v) is 13.5. The van der Waals surface area contributed by atoms with E-state index in [4.69, 9.17) is 4.74 Å². The third-order valence-electron chi connectivity index (χ3n) is 5.58. The highest BCUT2D eigenvalue weighted by Gasteiger charge is 2.00. The lowest BCUT2D eigenvalue weighted by Gasteiger charge is -2.03. The minimum atomic E-state index is -0.0319. The average molecular weight is 442 g/mol. The molecule has 0 unspecified atom stereocenters. The minimum absolute atomic E-state index is 0.0319. The summed E-state index contributed by atoms with van der Waals surface area (Å²) in [6, 6.07) is 0. The van der Waals surface area contributed by atoms with Gasteiger partial charge in [0, 0.05) is 19.9 Å². The van der Waals surface area contributed by atoms with Gasteiger partial charge in [-0.05, 0) is 19.8 Å². The Kier molecular flexibility index (Phi) is 30.0. The quantitative estimate of drug-likeness (QED) is 0.144. The number of amides is 1. The Morgan fingerprint density at radius 1 is 0.548 bits per heavy atom. The molecular formula is C27H55NO3. The Morgan fingerprint density at radius 3 is 1.26 bits per heavy atom. The van der Waals surface area contributed by atoms with Crippen LogP contribution in [-0.4, -0.2) is 25.5 Å². The summed E-state index contributed by atoms with van der Waals surface area (Å²) in [5.74, 6) is 0.136. The molecule has 1 N–H and O–H groups in total. The van der Waals surface area contributed by atoms with Crippen molar-refractivity contribution in [2.24, 2.45) is 0 Å². The fourth-order valence-corrected chi connectivity index (χ4v) is 3.53. The molecule has 0 spiro atoms. The molecule has 0 atom stereocenters. The summed E-state index contributed by atoms with van der Waals surface area (Å²) in [6.45, 7) is 6.84. The molecular weight excluding hydrogens is 386 g/mol. The van der Waals surface area contributed by atoms with Gasteiger partial charge < -0.3 is 10.1 Å². The normalized spacial score (nSPS) is 10.3. The van der Waals surface area contributed by atoms with Crippen molar-refractivity contribution in [2.45, 2.75) is 149 Å². The Hall–Kier alpha value is -1.06. The lowest BCUT2D eigenvalue weighted by molar-refractivity contribution is -0.143. The molecule has 0 saturated heterocycles. The number of rotatable bonds is 21. The highest BCUT2D eigenvalue weighted by Crippen LogP contribution is 2.13. The predicted molar refractivity (Wildman–Crippen MR) is 134 cm³/mol. The Morgan fingerprint density at radius 2 is 0.903 bits per heavy atom. The van der Waals surface area contributed by atoms with Gasteiger partial charge in [-0.1, -0.05) is 117 Å². The number of ether oxygens (including phenoxy) is 1. The lowest BCUT2D eigenvalue weighted by atomic mass is 10.0. The summed E-state index contributed by atoms with van der Waals surface area (Å²) in [7, 11) is 1.69. The van der Waals surface area contributed by atoms with E-state index in [0.29, 0.717) is 19.4 Å². The summed E-state index contributed by atoms with van der Waals surface area (Å²) in [5.41, 5.74) is 0. The standard InChI is InChI=1S/C18H36O2.C9H19NO/c1-3-5-6-7-8-9-10-11-12-13-14-15-16-17-18(19)20-4-2;1-3-4-5-6-7-8-9(11)10-2/h3-17H2,1-2H3;3-8H2,1-2H3,(H,10,11). The second-order valence-corrected chi connectivity index (χ2v) is 8.64. The van der Waals surface area contributed by atoms with Gasteiger partial charge in [0.25, 0.3) is 0 Å². The summed E-state index contributed by atoms with van der Waals surface area (Å²) in [6.07, 6.45) is 24.8. The van der Waals surface area contributed by atoms with Gasteiger partial charge in [-0.2, -0.15) is 0 Å². The van der Waals surface area contributed by atoms with E-state index in [1.165, 1.54) is 103 Å². The van der Waals surface area contributed by atoms with Crippen molar-refractivity contribution in [1.82, 2.24) is 5.32 Å². The van der Waals surface area contributed by atoms with Gasteiger partial charge >= 0.3 is 5.97 Å². The van der Waals surface area contributed by atoms with Gasteiger partial charge in [-0.15, -0.1) is 0 Å². The molecule has 0 aliphatic carbocycles. The van der Waals surface area contributed by atoms with Crippen molar-refractivity contribution in [3.05, 3.63) is 0 Å². The van der Waals surface area contributed by atoms with Crippen LogP contribution in [0.2, 0.25) is 0 Å². The second kappa shape index (κ2) is 28.9. The summed E-state index contributed by atoms with van der Waals surface area (Å²) < 4.78 is 4.91. The minimum Gasteiger partial charge on any atom is -0.466 e. The maximum Gasteiger partial charge on any atom is 0.305 e. The maximum atomic E-state index is 11.1. The molecule has 0 aliphatic rings. The van der Waals surface area contributed by atoms with Crippen molar-refractivity contribution in [3.63, 3.8) is 0 Å². The molecule has 4 nitrogen and oxygen atoms in total. The molecule has 0 aromatic heterocycles. The van der Waals surface area contributed by atoms with Gasteiger partial charge in [0.2, 0.25) is 5.91 Å². The first kappa shape index (κ1) is 32.1. The lowest BCUT2D eigenvalue weighted by Crippen LogP contribution is -2.16. The molecule has 1 amide bonds. The van der Waals surface area contributed by atoms with E-state index in [9.17, 15) is 9.59 Å². The molecule has 0 aliphatic heterocycles. The largest absolute Gasteiger partial charge is 0.466 e. The van der Waals surface area contributed by atoms with Crippen molar-refractivity contribution in [3.8, 4) is 0 Å². The van der Waals surface area contributed by atoms with Gasteiger partial charge in [0.1, 0.15) is 0 Å². The van der Waals surface area contributed by atoms with Crippen LogP contribution in [0.5, 0.6) is 0 Å². The Bertz CT molecular complexity index is 371. The molecule has 0 aromatic carbocycles. The van der Waals surface area contributed by atoms with Crippen LogP contribution in [0.15, 0.2) is 0 Å². The molecule has 31 heavy (non-hydrogen) atoms. The summed E-state index contributed by atoms with van der Waals surface area (Å²) in [5, 5.41) is 2.62. The van der Waals surface area contributed by atoms with E-state index in [-0.39, 0.29) is 11.9 Å². The topological polar surface area (TPSA) is 55.4 Å². The third-order valence-corrected chi connectivity index (χ3v) is 5.58. The molecule has 0 saturated carbocycles. The highest BCUT2D eigenvalue weighted by atomic mass is 16.5. The number of carbonyl (C=O) groups excluding carboxylic acids is 2. The first-order chi connectivity index (χ1) is 15.1. The Balaban J connectivity index is 0. The summed E-state index contributed by atoms with van der Waals surface area (Å²) in [4.78, 5) is 21.9. The van der Waals surface area contributed by atoms with Crippen LogP contribution in [0.4, 0.5) is 0 Å². The van der Waals surface area contributed by atoms with E-state index < -0.39 is 0 Å². The van der Waals surface area contributed by atoms with E-state index in [1.807, 2.05) is 6.92 Å². The highest BCUT2D eigenvalue weighted by molar-refractivity contribution is 5.75. The van der Waals surface area contributed by atoms with Crippen molar-refractivity contribution in [1.29, 1.82) is 0 Å². The van der Waals surface area contributed by atoms with Gasteiger partial charge in [-0.3, -0.25) is 9.59 Å². The molecule has 0 heterocycles. The molecule has 0 rings (SSSR count). The zero-order valence-electron chi connectivity index (χ0n) is 21.6. The van der Waals surface area contributed by atoms with E-state index in [2.05, 4.69) is 19.2 Å². The maximum absolute atomic E-state index is 11.1. The summed E-state index contributed by atoms with van der Waals surface area (Å²) >= 11 is 0. The molecule has 0 bridgehead atoms. The van der Waals surface area contributed by atoms with Crippen molar-refractivity contribution < 1.29 is 14.3 Å². The van der Waals surface area contributed by atoms with Gasteiger partial charge in [-0.25, -0.2) is 0 Å². The molecule has 0 fully saturated rings. The molecule has 0 radical (unpaired) electrons. The van der Waals surface area contributed by atoms with Crippen LogP contribution in [-0.2, 0) is 14.3 Å². The first-order valence-electron chi connectivity index (χ1n) is 13.5. The van der Waals surface area contributed by atoms with Crippen LogP contribution in [0.1, 0.15) is 149 Å². The SMILES string of the molecule is CCCCCCCC(=O)NC.CCCCCCCCCCCCCCCC(=O)OCC. The number of hydrogen-bond donors (Lipinski definition) is 1. The predicted octanol–water partition coefficient (Wildman–Crippen LogP) is 8.12. The van der Waals surface area contributed by atoms with Crippen LogP contribution >= 0.6 is 0 Å². The second-order valence-electron chi connectivity index (χ2n) is 8.64. The smallest absolute Gasteiger partial charge is 0.305 e. The zero-order valence-corrected chi connectivity index (χ0v) is 21.6. The van der Waals surface area contributed by atoms with Crippen molar-refractivity contribution >= 4 is 11.9 Å². The van der Waals surface area contributed by atoms with Crippen LogP contribution < -0.4 is 5.32 Å². The average Bonchev–Trinajstić information content (AvgIpc) is 2.77. The van der Waals surface area contributed by atoms with Crippen LogP contribution in [0.3, 0.4) is 0 Å². The third kappa shape index (κ3) is 31.2. The van der Waals surface area contributed by atoms with Crippen LogP contribution in [0.25, 0.3) is 0 Å². The van der Waals surface area contributed by atoms with Crippen molar-refractivity contribution in [2.75, 3.05) is 13.7 Å². The number of carbonyl (C=O) groups is 2.